The molecule has 0 atom stereocenters. The number of amides is 2. The van der Waals surface area contributed by atoms with Gasteiger partial charge in [0.1, 0.15) is 17.4 Å². The molecule has 2 saturated heterocycles. The lowest BCUT2D eigenvalue weighted by atomic mass is 9.92. The van der Waals surface area contributed by atoms with E-state index >= 15 is 0 Å². The summed E-state index contributed by atoms with van der Waals surface area (Å²) in [5.74, 6) is 0.632. The lowest BCUT2D eigenvalue weighted by molar-refractivity contribution is 0.00901. The monoisotopic (exact) mass is 621 g/mol. The summed E-state index contributed by atoms with van der Waals surface area (Å²) >= 11 is 6.13. The van der Waals surface area contributed by atoms with Crippen molar-refractivity contribution in [1.29, 1.82) is 5.26 Å². The zero-order valence-corrected chi connectivity index (χ0v) is 26.8. The maximum absolute atomic E-state index is 13.0. The molecule has 3 fully saturated rings. The lowest BCUT2D eigenvalue weighted by Gasteiger charge is -2.43. The van der Waals surface area contributed by atoms with Gasteiger partial charge < -0.3 is 24.6 Å². The zero-order chi connectivity index (χ0) is 31.3. The first-order valence-electron chi connectivity index (χ1n) is 15.8. The van der Waals surface area contributed by atoms with Crippen molar-refractivity contribution in [3.63, 3.8) is 0 Å². The molecule has 2 aromatic rings. The van der Waals surface area contributed by atoms with Crippen molar-refractivity contribution in [2.45, 2.75) is 83.1 Å². The number of carbonyl (C=O) groups excluding carboxylic acids is 2. The van der Waals surface area contributed by atoms with Crippen LogP contribution in [0.3, 0.4) is 0 Å². The highest BCUT2D eigenvalue weighted by Gasteiger charge is 2.31. The van der Waals surface area contributed by atoms with Crippen LogP contribution in [0.15, 0.2) is 42.5 Å². The number of nitrogens with one attached hydrogen (secondary N) is 1. The Morgan fingerprint density at radius 1 is 0.909 bits per heavy atom. The van der Waals surface area contributed by atoms with Crippen LogP contribution in [0.25, 0.3) is 0 Å². The van der Waals surface area contributed by atoms with Crippen LogP contribution < -0.4 is 15.0 Å². The SMILES string of the molecule is CC(C)(C)OC(=O)N1CCN(C2CCN(c3ccc(C(=O)N[C@H]4CC[C@H](Oc5ccc(C#N)c(Cl)c5)CC4)cc3)CC2)CC1. The first-order chi connectivity index (χ1) is 21.1. The zero-order valence-electron chi connectivity index (χ0n) is 26.1. The van der Waals surface area contributed by atoms with Crippen LogP contribution in [0.5, 0.6) is 5.75 Å². The predicted molar refractivity (Wildman–Crippen MR) is 171 cm³/mol. The van der Waals surface area contributed by atoms with E-state index in [2.05, 4.69) is 33.3 Å². The Hall–Kier alpha value is -3.48. The van der Waals surface area contributed by atoms with Crippen LogP contribution in [-0.2, 0) is 4.74 Å². The number of hydrogen-bond acceptors (Lipinski definition) is 7. The number of rotatable bonds is 6. The van der Waals surface area contributed by atoms with Gasteiger partial charge in [-0.1, -0.05) is 11.6 Å². The average molecular weight is 622 g/mol. The maximum atomic E-state index is 13.0. The van der Waals surface area contributed by atoms with E-state index in [-0.39, 0.29) is 24.1 Å². The van der Waals surface area contributed by atoms with E-state index in [0.717, 1.165) is 70.4 Å². The molecule has 0 unspecified atom stereocenters. The van der Waals surface area contributed by atoms with Crippen molar-refractivity contribution in [3.05, 3.63) is 58.6 Å². The smallest absolute Gasteiger partial charge is 0.410 e. The van der Waals surface area contributed by atoms with E-state index in [1.807, 2.05) is 37.8 Å². The fourth-order valence-corrected chi connectivity index (χ4v) is 6.57. The van der Waals surface area contributed by atoms with Gasteiger partial charge in [0.15, 0.2) is 0 Å². The number of piperazine rings is 1. The summed E-state index contributed by atoms with van der Waals surface area (Å²) in [5.41, 5.74) is 1.79. The van der Waals surface area contributed by atoms with Crippen LogP contribution in [-0.4, -0.2) is 84.9 Å². The van der Waals surface area contributed by atoms with E-state index in [1.54, 1.807) is 18.2 Å². The Balaban J connectivity index is 1.02. The molecule has 2 aromatic carbocycles. The Morgan fingerprint density at radius 2 is 1.57 bits per heavy atom. The van der Waals surface area contributed by atoms with Gasteiger partial charge in [0.2, 0.25) is 0 Å². The standard InChI is InChI=1S/C34H44ClN5O4/c1-34(2,3)44-33(42)40-20-18-39(19-21-40)28-14-16-38(17-15-28)27-9-4-24(5-10-27)32(41)37-26-7-12-29(13-8-26)43-30-11-6-25(23-36)31(35)22-30/h4-6,9-11,22,26,28-29H,7-8,12-21H2,1-3H3,(H,37,41)/t26-,29-. The van der Waals surface area contributed by atoms with Gasteiger partial charge in [0, 0.05) is 68.7 Å². The second kappa shape index (κ2) is 14.1. The third-order valence-corrected chi connectivity index (χ3v) is 9.13. The molecule has 1 aliphatic carbocycles. The number of nitriles is 1. The second-order valence-corrected chi connectivity index (χ2v) is 13.5. The summed E-state index contributed by atoms with van der Waals surface area (Å²) in [4.78, 5) is 32.1. The highest BCUT2D eigenvalue weighted by molar-refractivity contribution is 6.31. The van der Waals surface area contributed by atoms with Gasteiger partial charge in [-0.25, -0.2) is 4.79 Å². The summed E-state index contributed by atoms with van der Waals surface area (Å²) in [5, 5.41) is 12.7. The second-order valence-electron chi connectivity index (χ2n) is 13.1. The summed E-state index contributed by atoms with van der Waals surface area (Å²) in [6.07, 6.45) is 5.41. The molecule has 9 nitrogen and oxygen atoms in total. The average Bonchev–Trinajstić information content (AvgIpc) is 3.01. The number of carbonyl (C=O) groups is 2. The largest absolute Gasteiger partial charge is 0.490 e. The molecule has 0 spiro atoms. The molecule has 0 radical (unpaired) electrons. The van der Waals surface area contributed by atoms with Crippen molar-refractivity contribution in [2.24, 2.45) is 0 Å². The molecule has 2 amide bonds. The van der Waals surface area contributed by atoms with E-state index in [1.165, 1.54) is 0 Å². The minimum atomic E-state index is -0.468. The first-order valence-corrected chi connectivity index (χ1v) is 16.2. The predicted octanol–water partition coefficient (Wildman–Crippen LogP) is 5.85. The molecule has 10 heteroatoms. The third kappa shape index (κ3) is 8.36. The molecule has 0 bridgehead atoms. The Morgan fingerprint density at radius 3 is 2.16 bits per heavy atom. The van der Waals surface area contributed by atoms with Gasteiger partial charge in [-0.05, 0) is 95.7 Å². The van der Waals surface area contributed by atoms with Crippen LogP contribution >= 0.6 is 11.6 Å². The Bertz CT molecular complexity index is 1330. The molecule has 236 valence electrons. The van der Waals surface area contributed by atoms with Gasteiger partial charge in [0.05, 0.1) is 16.7 Å². The van der Waals surface area contributed by atoms with Crippen LogP contribution in [0.4, 0.5) is 10.5 Å². The number of anilines is 1. The Labute approximate surface area is 266 Å². The van der Waals surface area contributed by atoms with E-state index in [9.17, 15) is 9.59 Å². The molecule has 1 saturated carbocycles. The number of nitrogens with zero attached hydrogens (tertiary/aromatic N) is 4. The molecule has 44 heavy (non-hydrogen) atoms. The normalized spacial score (nSPS) is 21.8. The fourth-order valence-electron chi connectivity index (χ4n) is 6.35. The summed E-state index contributed by atoms with van der Waals surface area (Å²) in [6.45, 7) is 10.8. The van der Waals surface area contributed by atoms with Gasteiger partial charge >= 0.3 is 6.09 Å². The number of hydrogen-bond donors (Lipinski definition) is 1. The minimum absolute atomic E-state index is 0.0379. The van der Waals surface area contributed by atoms with Crippen LogP contribution in [0.1, 0.15) is 75.2 Å². The van der Waals surface area contributed by atoms with Gasteiger partial charge in [0.25, 0.3) is 5.91 Å². The lowest BCUT2D eigenvalue weighted by Crippen LogP contribution is -2.55. The molecule has 3 aliphatic rings. The fraction of sp³-hybridized carbons (Fsp3) is 0.559. The number of halogens is 1. The Kier molecular flexibility index (Phi) is 10.2. The van der Waals surface area contributed by atoms with E-state index in [0.29, 0.717) is 41.0 Å². The van der Waals surface area contributed by atoms with Crippen molar-refractivity contribution in [2.75, 3.05) is 44.2 Å². The maximum Gasteiger partial charge on any atom is 0.410 e. The van der Waals surface area contributed by atoms with Crippen molar-refractivity contribution < 1.29 is 19.1 Å². The molecule has 5 rings (SSSR count). The molecule has 1 N–H and O–H groups in total. The molecule has 0 aromatic heterocycles. The van der Waals surface area contributed by atoms with E-state index in [4.69, 9.17) is 26.3 Å². The molecular formula is C34H44ClN5O4. The van der Waals surface area contributed by atoms with Gasteiger partial charge in [-0.3, -0.25) is 9.69 Å². The summed E-state index contributed by atoms with van der Waals surface area (Å²) in [6, 6.07) is 15.8. The number of ether oxygens (including phenoxy) is 2. The van der Waals surface area contributed by atoms with Crippen LogP contribution in [0, 0.1) is 11.3 Å². The first kappa shape index (κ1) is 31.9. The highest BCUT2D eigenvalue weighted by atomic mass is 35.5. The highest BCUT2D eigenvalue weighted by Crippen LogP contribution is 2.28. The summed E-state index contributed by atoms with van der Waals surface area (Å²) < 4.78 is 11.6. The van der Waals surface area contributed by atoms with Gasteiger partial charge in [-0.2, -0.15) is 5.26 Å². The number of piperidine rings is 1. The number of benzene rings is 2. The molecular weight excluding hydrogens is 578 g/mol. The van der Waals surface area contributed by atoms with E-state index < -0.39 is 5.60 Å². The minimum Gasteiger partial charge on any atom is -0.490 e. The topological polar surface area (TPSA) is 98.1 Å². The molecule has 2 aliphatic heterocycles. The van der Waals surface area contributed by atoms with Crippen molar-refractivity contribution >= 4 is 29.3 Å². The van der Waals surface area contributed by atoms with Crippen molar-refractivity contribution in [1.82, 2.24) is 15.1 Å². The summed E-state index contributed by atoms with van der Waals surface area (Å²) in [7, 11) is 0. The third-order valence-electron chi connectivity index (χ3n) is 8.81. The van der Waals surface area contributed by atoms with Crippen molar-refractivity contribution in [3.8, 4) is 11.8 Å². The van der Waals surface area contributed by atoms with Gasteiger partial charge in [-0.15, -0.1) is 0 Å². The van der Waals surface area contributed by atoms with Crippen LogP contribution in [0.2, 0.25) is 5.02 Å². The quantitative estimate of drug-likeness (QED) is 0.432. The molecule has 2 heterocycles.